The number of hydrogen-bond acceptors (Lipinski definition) is 3. The quantitative estimate of drug-likeness (QED) is 0.559. The zero-order valence-corrected chi connectivity index (χ0v) is 13.1. The Bertz CT molecular complexity index is 420. The molecule has 1 fully saturated rings. The second kappa shape index (κ2) is 8.22. The number of hydrogen-bond donors (Lipinski definition) is 3. The summed E-state index contributed by atoms with van der Waals surface area (Å²) in [4.78, 5) is 3.15. The molecule has 0 spiro atoms. The van der Waals surface area contributed by atoms with Crippen molar-refractivity contribution in [3.8, 4) is 11.5 Å². The van der Waals surface area contributed by atoms with Crippen LogP contribution in [0, 0.1) is 0 Å². The van der Waals surface area contributed by atoms with E-state index < -0.39 is 6.10 Å². The maximum atomic E-state index is 10.1. The molecule has 1 saturated heterocycles. The predicted molar refractivity (Wildman–Crippen MR) is 81.3 cm³/mol. The molecule has 0 saturated carbocycles. The number of ether oxygens (including phenoxy) is 2. The van der Waals surface area contributed by atoms with Crippen LogP contribution in [0.25, 0.3) is 0 Å². The summed E-state index contributed by atoms with van der Waals surface area (Å²) in [6.07, 6.45) is -0.422. The first-order valence-electron chi connectivity index (χ1n) is 7.83. The van der Waals surface area contributed by atoms with Crippen LogP contribution in [0.5, 0.6) is 11.5 Å². The monoisotopic (exact) mass is 296 g/mol. The molecule has 5 nitrogen and oxygen atoms in total. The van der Waals surface area contributed by atoms with Gasteiger partial charge in [-0.2, -0.15) is 0 Å². The van der Waals surface area contributed by atoms with E-state index in [4.69, 9.17) is 9.47 Å². The van der Waals surface area contributed by atoms with Crippen molar-refractivity contribution in [3.63, 3.8) is 0 Å². The van der Waals surface area contributed by atoms with Gasteiger partial charge in [-0.05, 0) is 19.1 Å². The summed E-state index contributed by atoms with van der Waals surface area (Å²) in [6, 6.07) is 7.48. The highest BCUT2D eigenvalue weighted by atomic mass is 16.5. The Balaban J connectivity index is 1.71. The highest BCUT2D eigenvalue weighted by Gasteiger charge is 2.23. The van der Waals surface area contributed by atoms with E-state index in [0.29, 0.717) is 6.61 Å². The topological polar surface area (TPSA) is 47.6 Å². The highest BCUT2D eigenvalue weighted by molar-refractivity contribution is 5.32. The minimum atomic E-state index is -0.422. The van der Waals surface area contributed by atoms with Crippen molar-refractivity contribution in [2.45, 2.75) is 13.0 Å². The molecule has 5 heteroatoms. The fourth-order valence-corrected chi connectivity index (χ4v) is 2.79. The third-order valence-electron chi connectivity index (χ3n) is 4.17. The van der Waals surface area contributed by atoms with E-state index in [-0.39, 0.29) is 0 Å². The van der Waals surface area contributed by atoms with Crippen LogP contribution in [0.2, 0.25) is 0 Å². The molecule has 0 aliphatic carbocycles. The normalized spacial score (nSPS) is 23.6. The smallest absolute Gasteiger partial charge is 0.137 e. The molecule has 1 heterocycles. The van der Waals surface area contributed by atoms with E-state index in [1.54, 1.807) is 12.0 Å². The molecule has 0 bridgehead atoms. The lowest BCUT2D eigenvalue weighted by molar-refractivity contribution is -1.01. The SMILES string of the molecule is CC[NH+]1CC[NH+](C[C@H](O)COc2cccc(OC)c2)CC1. The maximum absolute atomic E-state index is 10.1. The first-order valence-corrected chi connectivity index (χ1v) is 7.83. The Morgan fingerprint density at radius 3 is 2.48 bits per heavy atom. The Morgan fingerprint density at radius 1 is 1.14 bits per heavy atom. The molecule has 0 aromatic heterocycles. The first kappa shape index (κ1) is 16.1. The summed E-state index contributed by atoms with van der Waals surface area (Å²) in [5.41, 5.74) is 0. The molecule has 1 aromatic rings. The third kappa shape index (κ3) is 5.19. The number of aliphatic hydroxyl groups is 1. The van der Waals surface area contributed by atoms with Crippen molar-refractivity contribution >= 4 is 0 Å². The molecular formula is C16H28N2O3+2. The van der Waals surface area contributed by atoms with E-state index in [0.717, 1.165) is 31.1 Å². The zero-order valence-electron chi connectivity index (χ0n) is 13.1. The van der Waals surface area contributed by atoms with E-state index >= 15 is 0 Å². The van der Waals surface area contributed by atoms with Crippen LogP contribution in [-0.4, -0.2) is 64.2 Å². The van der Waals surface area contributed by atoms with Crippen molar-refractivity contribution in [1.82, 2.24) is 0 Å². The molecule has 3 N–H and O–H groups in total. The summed E-state index contributed by atoms with van der Waals surface area (Å²) in [5, 5.41) is 10.1. The van der Waals surface area contributed by atoms with Gasteiger partial charge < -0.3 is 24.4 Å². The van der Waals surface area contributed by atoms with Crippen LogP contribution in [-0.2, 0) is 0 Å². The fraction of sp³-hybridized carbons (Fsp3) is 0.625. The average molecular weight is 296 g/mol. The molecule has 118 valence electrons. The third-order valence-corrected chi connectivity index (χ3v) is 4.17. The molecule has 1 aliphatic heterocycles. The second-order valence-electron chi connectivity index (χ2n) is 5.70. The predicted octanol–water partition coefficient (Wildman–Crippen LogP) is -1.76. The van der Waals surface area contributed by atoms with Crippen molar-refractivity contribution in [3.05, 3.63) is 24.3 Å². The molecule has 21 heavy (non-hydrogen) atoms. The van der Waals surface area contributed by atoms with E-state index in [1.807, 2.05) is 24.3 Å². The van der Waals surface area contributed by atoms with Gasteiger partial charge in [-0.3, -0.25) is 0 Å². The van der Waals surface area contributed by atoms with E-state index in [2.05, 4.69) is 6.92 Å². The molecule has 1 aromatic carbocycles. The summed E-state index contributed by atoms with van der Waals surface area (Å²) in [5.74, 6) is 1.51. The van der Waals surface area contributed by atoms with Crippen LogP contribution >= 0.6 is 0 Å². The Kier molecular flexibility index (Phi) is 6.29. The number of rotatable bonds is 7. The average Bonchev–Trinajstić information content (AvgIpc) is 2.54. The number of piperazine rings is 1. The van der Waals surface area contributed by atoms with Gasteiger partial charge in [-0.15, -0.1) is 0 Å². The largest absolute Gasteiger partial charge is 0.497 e. The van der Waals surface area contributed by atoms with Gasteiger partial charge in [0.15, 0.2) is 0 Å². The van der Waals surface area contributed by atoms with Crippen LogP contribution in [0.3, 0.4) is 0 Å². The number of likely N-dealkylation sites (N-methyl/N-ethyl adjacent to an activating group) is 1. The molecule has 0 radical (unpaired) electrons. The molecule has 2 rings (SSSR count). The Morgan fingerprint density at radius 2 is 1.81 bits per heavy atom. The Hall–Kier alpha value is -1.30. The van der Waals surface area contributed by atoms with E-state index in [9.17, 15) is 5.11 Å². The van der Waals surface area contributed by atoms with Gasteiger partial charge in [0.1, 0.15) is 56.9 Å². The summed E-state index contributed by atoms with van der Waals surface area (Å²) >= 11 is 0. The number of aliphatic hydroxyl groups excluding tert-OH is 1. The van der Waals surface area contributed by atoms with Gasteiger partial charge in [0, 0.05) is 6.07 Å². The molecular weight excluding hydrogens is 268 g/mol. The molecule has 1 aliphatic rings. The van der Waals surface area contributed by atoms with Crippen LogP contribution < -0.4 is 19.3 Å². The van der Waals surface area contributed by atoms with Gasteiger partial charge in [0.05, 0.1) is 13.7 Å². The van der Waals surface area contributed by atoms with Crippen molar-refractivity contribution in [2.24, 2.45) is 0 Å². The van der Waals surface area contributed by atoms with Gasteiger partial charge in [0.25, 0.3) is 0 Å². The van der Waals surface area contributed by atoms with Gasteiger partial charge >= 0.3 is 0 Å². The minimum Gasteiger partial charge on any atom is -0.497 e. The van der Waals surface area contributed by atoms with E-state index in [1.165, 1.54) is 24.5 Å². The number of quaternary nitrogens is 2. The number of nitrogens with one attached hydrogen (secondary N) is 2. The van der Waals surface area contributed by atoms with Crippen LogP contribution in [0.4, 0.5) is 0 Å². The summed E-state index contributed by atoms with van der Waals surface area (Å²) in [7, 11) is 1.63. The maximum Gasteiger partial charge on any atom is 0.137 e. The Labute approximate surface area is 127 Å². The van der Waals surface area contributed by atoms with Crippen LogP contribution in [0.1, 0.15) is 6.92 Å². The van der Waals surface area contributed by atoms with Crippen molar-refractivity contribution in [2.75, 3.05) is 53.0 Å². The fourth-order valence-electron chi connectivity index (χ4n) is 2.79. The minimum absolute atomic E-state index is 0.334. The standard InChI is InChI=1S/C16H26N2O3/c1-3-17-7-9-18(10-8-17)12-14(19)13-21-16-6-4-5-15(11-16)20-2/h4-6,11,14,19H,3,7-10,12-13H2,1-2H3/p+2/t14-/m0/s1. The lowest BCUT2D eigenvalue weighted by Gasteiger charge is -2.30. The zero-order chi connectivity index (χ0) is 15.1. The second-order valence-corrected chi connectivity index (χ2v) is 5.70. The summed E-state index contributed by atoms with van der Waals surface area (Å²) < 4.78 is 10.8. The molecule has 1 atom stereocenters. The summed E-state index contributed by atoms with van der Waals surface area (Å²) in [6.45, 7) is 9.22. The number of methoxy groups -OCH3 is 1. The first-order chi connectivity index (χ1) is 10.2. The molecule has 0 amide bonds. The lowest BCUT2D eigenvalue weighted by atomic mass is 10.2. The molecule has 0 unspecified atom stereocenters. The van der Waals surface area contributed by atoms with Gasteiger partial charge in [-0.1, -0.05) is 6.07 Å². The van der Waals surface area contributed by atoms with Crippen LogP contribution in [0.15, 0.2) is 24.3 Å². The number of benzene rings is 1. The van der Waals surface area contributed by atoms with Gasteiger partial charge in [-0.25, -0.2) is 0 Å². The van der Waals surface area contributed by atoms with Crippen molar-refractivity contribution < 1.29 is 24.4 Å². The van der Waals surface area contributed by atoms with Crippen molar-refractivity contribution in [1.29, 1.82) is 0 Å². The lowest BCUT2D eigenvalue weighted by Crippen LogP contribution is -3.28. The van der Waals surface area contributed by atoms with Gasteiger partial charge in [0.2, 0.25) is 0 Å². The highest BCUT2D eigenvalue weighted by Crippen LogP contribution is 2.18.